The van der Waals surface area contributed by atoms with E-state index in [2.05, 4.69) is 43.0 Å². The first-order valence-electron chi connectivity index (χ1n) is 7.10. The van der Waals surface area contributed by atoms with Crippen LogP contribution in [0, 0.1) is 11.8 Å². The quantitative estimate of drug-likeness (QED) is 0.584. The lowest BCUT2D eigenvalue weighted by molar-refractivity contribution is 0.108. The lowest BCUT2D eigenvalue weighted by Crippen LogP contribution is -1.87. The van der Waals surface area contributed by atoms with Crippen molar-refractivity contribution < 1.29 is 4.79 Å². The summed E-state index contributed by atoms with van der Waals surface area (Å²) in [5, 5.41) is -0.447. The van der Waals surface area contributed by atoms with Crippen molar-refractivity contribution >= 4 is 16.8 Å². The maximum Gasteiger partial charge on any atom is 0.252 e. The van der Waals surface area contributed by atoms with Crippen molar-refractivity contribution in [3.05, 3.63) is 70.8 Å². The number of hydrogen-bond donors (Lipinski definition) is 0. The molecular weight excluding hydrogens is 280 g/mol. The molecular formula is C19H17ClO. The topological polar surface area (TPSA) is 17.1 Å². The number of carbonyl (C=O) groups excluding carboxylic acids is 1. The number of hydrogen-bond acceptors (Lipinski definition) is 1. The van der Waals surface area contributed by atoms with Gasteiger partial charge in [0, 0.05) is 16.7 Å². The summed E-state index contributed by atoms with van der Waals surface area (Å²) in [6.07, 6.45) is 3.55. The van der Waals surface area contributed by atoms with Gasteiger partial charge in [-0.15, -0.1) is 0 Å². The van der Waals surface area contributed by atoms with Crippen LogP contribution in [0.1, 0.15) is 46.8 Å². The highest BCUT2D eigenvalue weighted by molar-refractivity contribution is 6.67. The molecule has 0 radical (unpaired) electrons. The highest BCUT2D eigenvalue weighted by Crippen LogP contribution is 2.09. The summed E-state index contributed by atoms with van der Waals surface area (Å²) in [6.45, 7) is 2.20. The summed E-state index contributed by atoms with van der Waals surface area (Å²) in [7, 11) is 0. The summed E-state index contributed by atoms with van der Waals surface area (Å²) < 4.78 is 0. The van der Waals surface area contributed by atoms with Crippen molar-refractivity contribution in [3.8, 4) is 11.8 Å². The van der Waals surface area contributed by atoms with Gasteiger partial charge in [0.25, 0.3) is 5.24 Å². The molecule has 0 fully saturated rings. The summed E-state index contributed by atoms with van der Waals surface area (Å²) in [4.78, 5) is 11.0. The Kier molecular flexibility index (Phi) is 5.60. The molecule has 106 valence electrons. The van der Waals surface area contributed by atoms with Crippen LogP contribution in [0.5, 0.6) is 0 Å². The molecule has 0 heterocycles. The van der Waals surface area contributed by atoms with Gasteiger partial charge < -0.3 is 0 Å². The normalized spacial score (nSPS) is 9.81. The summed E-state index contributed by atoms with van der Waals surface area (Å²) in [6, 6.07) is 15.4. The third-order valence-electron chi connectivity index (χ3n) is 3.24. The van der Waals surface area contributed by atoms with E-state index in [0.717, 1.165) is 17.5 Å². The first-order chi connectivity index (χ1) is 10.2. The zero-order valence-corrected chi connectivity index (χ0v) is 12.8. The van der Waals surface area contributed by atoms with E-state index in [1.807, 2.05) is 0 Å². The lowest BCUT2D eigenvalue weighted by atomic mass is 10.1. The Hall–Kier alpha value is -2.04. The molecule has 2 aromatic carbocycles. The van der Waals surface area contributed by atoms with E-state index in [-0.39, 0.29) is 0 Å². The van der Waals surface area contributed by atoms with Gasteiger partial charge in [-0.25, -0.2) is 0 Å². The van der Waals surface area contributed by atoms with Crippen LogP contribution in [0.15, 0.2) is 48.5 Å². The first kappa shape index (κ1) is 15.4. The minimum atomic E-state index is -0.447. The van der Waals surface area contributed by atoms with E-state index in [0.29, 0.717) is 5.56 Å². The number of halogens is 1. The molecule has 0 aliphatic rings. The zero-order valence-electron chi connectivity index (χ0n) is 12.0. The zero-order chi connectivity index (χ0) is 15.1. The highest BCUT2D eigenvalue weighted by Gasteiger charge is 1.99. The fourth-order valence-corrected chi connectivity index (χ4v) is 2.09. The van der Waals surface area contributed by atoms with E-state index in [1.165, 1.54) is 18.4 Å². The largest absolute Gasteiger partial charge is 0.276 e. The Morgan fingerprint density at radius 1 is 0.952 bits per heavy atom. The van der Waals surface area contributed by atoms with Gasteiger partial charge in [-0.05, 0) is 66.4 Å². The molecule has 0 aromatic heterocycles. The molecule has 2 rings (SSSR count). The molecule has 0 spiro atoms. The minimum Gasteiger partial charge on any atom is -0.276 e. The predicted octanol–water partition coefficient (Wildman–Crippen LogP) is 4.81. The molecule has 2 aromatic rings. The maximum atomic E-state index is 11.0. The van der Waals surface area contributed by atoms with Gasteiger partial charge >= 0.3 is 0 Å². The number of carbonyl (C=O) groups is 1. The Morgan fingerprint density at radius 2 is 1.48 bits per heavy atom. The van der Waals surface area contributed by atoms with Crippen LogP contribution in [0.4, 0.5) is 0 Å². The molecule has 0 bridgehead atoms. The van der Waals surface area contributed by atoms with Crippen LogP contribution in [0.3, 0.4) is 0 Å². The van der Waals surface area contributed by atoms with Gasteiger partial charge in [0.2, 0.25) is 0 Å². The van der Waals surface area contributed by atoms with E-state index in [4.69, 9.17) is 11.6 Å². The molecule has 1 nitrogen and oxygen atoms in total. The van der Waals surface area contributed by atoms with Gasteiger partial charge in [0.1, 0.15) is 0 Å². The molecule has 0 unspecified atom stereocenters. The minimum absolute atomic E-state index is 0.447. The Labute approximate surface area is 131 Å². The third-order valence-corrected chi connectivity index (χ3v) is 3.45. The molecule has 0 saturated heterocycles. The number of benzene rings is 2. The van der Waals surface area contributed by atoms with Crippen molar-refractivity contribution in [1.29, 1.82) is 0 Å². The molecule has 0 saturated carbocycles. The number of rotatable bonds is 4. The fraction of sp³-hybridized carbons (Fsp3) is 0.211. The predicted molar refractivity (Wildman–Crippen MR) is 87.7 cm³/mol. The lowest BCUT2D eigenvalue weighted by Gasteiger charge is -1.99. The summed E-state index contributed by atoms with van der Waals surface area (Å²) in [5.41, 5.74) is 3.70. The molecule has 2 heteroatoms. The average Bonchev–Trinajstić information content (AvgIpc) is 2.52. The van der Waals surface area contributed by atoms with Crippen LogP contribution in [-0.2, 0) is 6.42 Å². The highest BCUT2D eigenvalue weighted by atomic mass is 35.5. The summed E-state index contributed by atoms with van der Waals surface area (Å²) >= 11 is 5.40. The van der Waals surface area contributed by atoms with Crippen LogP contribution in [0.2, 0.25) is 0 Å². The van der Waals surface area contributed by atoms with Crippen molar-refractivity contribution in [1.82, 2.24) is 0 Å². The van der Waals surface area contributed by atoms with Crippen LogP contribution in [0.25, 0.3) is 0 Å². The Balaban J connectivity index is 2.06. The molecule has 0 atom stereocenters. The van der Waals surface area contributed by atoms with Crippen molar-refractivity contribution in [2.75, 3.05) is 0 Å². The van der Waals surface area contributed by atoms with Crippen molar-refractivity contribution in [2.45, 2.75) is 26.2 Å². The molecule has 0 aliphatic carbocycles. The van der Waals surface area contributed by atoms with Crippen LogP contribution < -0.4 is 0 Å². The number of aryl methyl sites for hydroxylation is 1. The van der Waals surface area contributed by atoms with E-state index < -0.39 is 5.24 Å². The molecule has 0 N–H and O–H groups in total. The molecule has 0 aliphatic heterocycles. The van der Waals surface area contributed by atoms with E-state index in [1.54, 1.807) is 24.3 Å². The van der Waals surface area contributed by atoms with Crippen molar-refractivity contribution in [3.63, 3.8) is 0 Å². The van der Waals surface area contributed by atoms with E-state index in [9.17, 15) is 4.79 Å². The Bertz CT molecular complexity index is 657. The van der Waals surface area contributed by atoms with Gasteiger partial charge in [0.15, 0.2) is 0 Å². The van der Waals surface area contributed by atoms with Gasteiger partial charge in [-0.3, -0.25) is 4.79 Å². The molecule has 21 heavy (non-hydrogen) atoms. The second-order valence-electron chi connectivity index (χ2n) is 4.90. The summed E-state index contributed by atoms with van der Waals surface area (Å²) in [5.74, 6) is 6.21. The second-order valence-corrected chi connectivity index (χ2v) is 5.24. The second kappa shape index (κ2) is 7.67. The Morgan fingerprint density at radius 3 is 1.95 bits per heavy atom. The van der Waals surface area contributed by atoms with Crippen LogP contribution in [-0.4, -0.2) is 5.24 Å². The van der Waals surface area contributed by atoms with E-state index >= 15 is 0 Å². The third kappa shape index (κ3) is 4.77. The van der Waals surface area contributed by atoms with Crippen LogP contribution >= 0.6 is 11.6 Å². The first-order valence-corrected chi connectivity index (χ1v) is 7.47. The maximum absolute atomic E-state index is 11.0. The molecule has 0 amide bonds. The smallest absolute Gasteiger partial charge is 0.252 e. The van der Waals surface area contributed by atoms with Gasteiger partial charge in [-0.1, -0.05) is 37.3 Å². The fourth-order valence-electron chi connectivity index (χ4n) is 1.96. The monoisotopic (exact) mass is 296 g/mol. The number of unbranched alkanes of at least 4 members (excludes halogenated alkanes) is 1. The average molecular weight is 297 g/mol. The van der Waals surface area contributed by atoms with Gasteiger partial charge in [0.05, 0.1) is 0 Å². The standard InChI is InChI=1S/C19H17ClO/c1-2-3-4-15-5-7-16(8-6-15)9-10-17-11-13-18(14-12-17)19(20)21/h5-8,11-14H,2-4H2,1H3. The van der Waals surface area contributed by atoms with Gasteiger partial charge in [-0.2, -0.15) is 0 Å². The SMILES string of the molecule is CCCCc1ccc(C#Cc2ccc(C(=O)Cl)cc2)cc1. The van der Waals surface area contributed by atoms with Crippen molar-refractivity contribution in [2.24, 2.45) is 0 Å².